The van der Waals surface area contributed by atoms with Gasteiger partial charge in [-0.05, 0) is 45.4 Å². The van der Waals surface area contributed by atoms with E-state index >= 15 is 0 Å². The summed E-state index contributed by atoms with van der Waals surface area (Å²) in [4.78, 5) is 47.7. The van der Waals surface area contributed by atoms with Crippen LogP contribution in [-0.4, -0.2) is 49.7 Å². The van der Waals surface area contributed by atoms with Gasteiger partial charge in [-0.1, -0.05) is 13.8 Å². The van der Waals surface area contributed by atoms with Gasteiger partial charge in [-0.15, -0.1) is 0 Å². The van der Waals surface area contributed by atoms with Gasteiger partial charge in [0.15, 0.2) is 5.82 Å². The smallest absolute Gasteiger partial charge is 0.274 e. The standard InChI is InChI=1S/C23H30N6O2/c1-14(2)13-29-20(30)9-8-17-16(4)26-21(27-22(17)29)19-7-5-6-10-28(19)23(31)18-12-24-15(3)11-25-18/h11-12,14,19H,5-10,13H2,1-4H3/t19-/m1/s1. The molecule has 1 fully saturated rings. The first-order chi connectivity index (χ1) is 14.8. The van der Waals surface area contributed by atoms with Gasteiger partial charge in [-0.2, -0.15) is 0 Å². The Bertz CT molecular complexity index is 988. The van der Waals surface area contributed by atoms with Gasteiger partial charge in [0.1, 0.15) is 11.5 Å². The molecule has 8 nitrogen and oxygen atoms in total. The van der Waals surface area contributed by atoms with Crippen LogP contribution in [0.2, 0.25) is 0 Å². The molecule has 0 radical (unpaired) electrons. The topological polar surface area (TPSA) is 92.2 Å². The van der Waals surface area contributed by atoms with Crippen LogP contribution in [-0.2, 0) is 11.2 Å². The van der Waals surface area contributed by atoms with Crippen LogP contribution in [0.5, 0.6) is 0 Å². The molecule has 0 aromatic carbocycles. The maximum Gasteiger partial charge on any atom is 0.274 e. The third kappa shape index (κ3) is 4.29. The Morgan fingerprint density at radius 1 is 1.13 bits per heavy atom. The van der Waals surface area contributed by atoms with Crippen LogP contribution in [0.25, 0.3) is 0 Å². The Hall–Kier alpha value is -2.90. The number of anilines is 1. The number of rotatable bonds is 4. The van der Waals surface area contributed by atoms with Crippen molar-refractivity contribution in [1.82, 2.24) is 24.8 Å². The molecular weight excluding hydrogens is 392 g/mol. The zero-order valence-electron chi connectivity index (χ0n) is 18.8. The van der Waals surface area contributed by atoms with Gasteiger partial charge in [0.05, 0.1) is 17.9 Å². The molecule has 2 aromatic heterocycles. The minimum Gasteiger partial charge on any atom is -0.327 e. The normalized spacial score (nSPS) is 19.0. The van der Waals surface area contributed by atoms with Crippen molar-refractivity contribution in [3.63, 3.8) is 0 Å². The van der Waals surface area contributed by atoms with E-state index in [1.807, 2.05) is 23.6 Å². The monoisotopic (exact) mass is 422 g/mol. The number of amides is 2. The number of hydrogen-bond acceptors (Lipinski definition) is 6. The predicted octanol–water partition coefficient (Wildman–Crippen LogP) is 3.19. The maximum absolute atomic E-state index is 13.2. The van der Waals surface area contributed by atoms with E-state index < -0.39 is 0 Å². The first kappa shape index (κ1) is 21.3. The second kappa shape index (κ2) is 8.69. The van der Waals surface area contributed by atoms with Crippen molar-refractivity contribution in [2.45, 2.75) is 65.8 Å². The fraction of sp³-hybridized carbons (Fsp3) is 0.565. The van der Waals surface area contributed by atoms with Crippen molar-refractivity contribution in [3.8, 4) is 0 Å². The lowest BCUT2D eigenvalue weighted by Gasteiger charge is -2.36. The molecule has 0 N–H and O–H groups in total. The molecule has 2 aromatic rings. The maximum atomic E-state index is 13.2. The van der Waals surface area contributed by atoms with Crippen molar-refractivity contribution in [1.29, 1.82) is 0 Å². The van der Waals surface area contributed by atoms with Crippen molar-refractivity contribution < 1.29 is 9.59 Å². The Labute approximate surface area is 183 Å². The summed E-state index contributed by atoms with van der Waals surface area (Å²) in [6.07, 6.45) is 7.03. The fourth-order valence-corrected chi connectivity index (χ4v) is 4.40. The van der Waals surface area contributed by atoms with Crippen LogP contribution in [0.3, 0.4) is 0 Å². The molecule has 2 aliphatic rings. The largest absolute Gasteiger partial charge is 0.327 e. The fourth-order valence-electron chi connectivity index (χ4n) is 4.40. The van der Waals surface area contributed by atoms with Crippen LogP contribution in [0, 0.1) is 19.8 Å². The third-order valence-corrected chi connectivity index (χ3v) is 5.96. The zero-order valence-corrected chi connectivity index (χ0v) is 18.8. The summed E-state index contributed by atoms with van der Waals surface area (Å²) in [6, 6.07) is -0.230. The van der Waals surface area contributed by atoms with Crippen molar-refractivity contribution in [2.24, 2.45) is 5.92 Å². The average Bonchev–Trinajstić information content (AvgIpc) is 2.75. The molecule has 2 aliphatic heterocycles. The van der Waals surface area contributed by atoms with Crippen LogP contribution in [0.1, 0.15) is 78.8 Å². The van der Waals surface area contributed by atoms with Gasteiger partial charge in [0, 0.05) is 37.0 Å². The predicted molar refractivity (Wildman–Crippen MR) is 117 cm³/mol. The van der Waals surface area contributed by atoms with E-state index in [1.165, 1.54) is 6.20 Å². The van der Waals surface area contributed by atoms with Gasteiger partial charge < -0.3 is 4.90 Å². The number of aromatic nitrogens is 4. The van der Waals surface area contributed by atoms with E-state index in [0.29, 0.717) is 43.4 Å². The highest BCUT2D eigenvalue weighted by Gasteiger charge is 2.34. The van der Waals surface area contributed by atoms with Gasteiger partial charge in [0.25, 0.3) is 5.91 Å². The summed E-state index contributed by atoms with van der Waals surface area (Å²) in [6.45, 7) is 9.29. The van der Waals surface area contributed by atoms with Crippen molar-refractivity contribution in [2.75, 3.05) is 18.0 Å². The van der Waals surface area contributed by atoms with E-state index in [1.54, 1.807) is 6.20 Å². The SMILES string of the molecule is Cc1cnc(C(=O)N2CCCC[C@@H]2c2nc(C)c3c(n2)N(CC(C)C)C(=O)CC3)cn1. The van der Waals surface area contributed by atoms with E-state index in [0.717, 1.165) is 42.0 Å². The number of aryl methyl sites for hydroxylation is 2. The number of nitrogens with zero attached hydrogens (tertiary/aromatic N) is 6. The molecule has 8 heteroatoms. The third-order valence-electron chi connectivity index (χ3n) is 5.96. The summed E-state index contributed by atoms with van der Waals surface area (Å²) >= 11 is 0. The lowest BCUT2D eigenvalue weighted by molar-refractivity contribution is -0.119. The van der Waals surface area contributed by atoms with Crippen LogP contribution < -0.4 is 4.90 Å². The van der Waals surface area contributed by atoms with Crippen molar-refractivity contribution in [3.05, 3.63) is 40.9 Å². The first-order valence-electron chi connectivity index (χ1n) is 11.1. The zero-order chi connectivity index (χ0) is 22.1. The quantitative estimate of drug-likeness (QED) is 0.751. The first-order valence-corrected chi connectivity index (χ1v) is 11.1. The Kier molecular flexibility index (Phi) is 5.98. The molecule has 0 unspecified atom stereocenters. The highest BCUT2D eigenvalue weighted by Crippen LogP contribution is 2.34. The number of piperidine rings is 1. The highest BCUT2D eigenvalue weighted by atomic mass is 16.2. The minimum absolute atomic E-state index is 0.108. The number of carbonyl (C=O) groups is 2. The van der Waals surface area contributed by atoms with Crippen LogP contribution in [0.15, 0.2) is 12.4 Å². The van der Waals surface area contributed by atoms with Gasteiger partial charge in [-0.25, -0.2) is 15.0 Å². The lowest BCUT2D eigenvalue weighted by atomic mass is 9.98. The lowest BCUT2D eigenvalue weighted by Crippen LogP contribution is -2.42. The molecule has 1 saturated heterocycles. The number of hydrogen-bond donors (Lipinski definition) is 0. The number of fused-ring (bicyclic) bond motifs is 1. The molecule has 2 amide bonds. The molecule has 31 heavy (non-hydrogen) atoms. The summed E-state index contributed by atoms with van der Waals surface area (Å²) in [5.41, 5.74) is 3.05. The summed E-state index contributed by atoms with van der Waals surface area (Å²) in [7, 11) is 0. The second-order valence-corrected chi connectivity index (χ2v) is 8.92. The van der Waals surface area contributed by atoms with E-state index in [4.69, 9.17) is 9.97 Å². The second-order valence-electron chi connectivity index (χ2n) is 8.92. The van der Waals surface area contributed by atoms with Gasteiger partial charge in [0.2, 0.25) is 5.91 Å². The van der Waals surface area contributed by atoms with Gasteiger partial charge in [-0.3, -0.25) is 19.5 Å². The summed E-state index contributed by atoms with van der Waals surface area (Å²) in [5, 5.41) is 0. The van der Waals surface area contributed by atoms with Crippen LogP contribution >= 0.6 is 0 Å². The van der Waals surface area contributed by atoms with Crippen LogP contribution in [0.4, 0.5) is 5.82 Å². The molecule has 0 bridgehead atoms. The van der Waals surface area contributed by atoms with E-state index in [-0.39, 0.29) is 17.9 Å². The molecular formula is C23H30N6O2. The Morgan fingerprint density at radius 3 is 2.65 bits per heavy atom. The highest BCUT2D eigenvalue weighted by molar-refractivity contribution is 5.95. The molecule has 1 atom stereocenters. The number of likely N-dealkylation sites (tertiary alicyclic amines) is 1. The molecule has 0 aliphatic carbocycles. The summed E-state index contributed by atoms with van der Waals surface area (Å²) in [5.74, 6) is 1.64. The van der Waals surface area contributed by atoms with Gasteiger partial charge >= 0.3 is 0 Å². The van der Waals surface area contributed by atoms with E-state index in [2.05, 4.69) is 23.8 Å². The number of carbonyl (C=O) groups excluding carboxylic acids is 2. The molecule has 164 valence electrons. The summed E-state index contributed by atoms with van der Waals surface area (Å²) < 4.78 is 0. The van der Waals surface area contributed by atoms with Crippen molar-refractivity contribution >= 4 is 17.6 Å². The Balaban J connectivity index is 1.71. The minimum atomic E-state index is -0.230. The average molecular weight is 423 g/mol. The molecule has 4 rings (SSSR count). The van der Waals surface area contributed by atoms with E-state index in [9.17, 15) is 9.59 Å². The molecule has 0 spiro atoms. The Morgan fingerprint density at radius 2 is 1.94 bits per heavy atom. The molecule has 4 heterocycles. The molecule has 0 saturated carbocycles.